The molecule has 1 saturated carbocycles. The molecule has 4 aromatic rings. The molecular formula is C31H36N10O4. The Hall–Kier alpha value is -5.03. The number of aromatic nitrogens is 6. The molecule has 5 heterocycles. The third kappa shape index (κ3) is 6.73. The van der Waals surface area contributed by atoms with Crippen LogP contribution in [0, 0.1) is 23.5 Å². The number of imidazole rings is 1. The summed E-state index contributed by atoms with van der Waals surface area (Å²) in [6, 6.07) is 7.81. The average molecular weight is 613 g/mol. The largest absolute Gasteiger partial charge is 0.741 e. The van der Waals surface area contributed by atoms with Crippen LogP contribution >= 0.6 is 0 Å². The number of hydrogen-bond acceptors (Lipinski definition) is 12. The van der Waals surface area contributed by atoms with Gasteiger partial charge in [-0.3, -0.25) is 9.72 Å². The molecular weight excluding hydrogens is 576 g/mol. The molecule has 2 fully saturated rings. The summed E-state index contributed by atoms with van der Waals surface area (Å²) in [6.45, 7) is 9.88. The molecule has 2 aliphatic rings. The van der Waals surface area contributed by atoms with E-state index in [1.165, 1.54) is 0 Å². The predicted octanol–water partition coefficient (Wildman–Crippen LogP) is 3.95. The highest BCUT2D eigenvalue weighted by Crippen LogP contribution is 2.34. The standard InChI is InChI=1S/C31H36N10O4/c1-19-13-22(16-32)37-30(35-19)36-21-5-7-23(8-6-21)45-29-25-14-24(44-20(2)27-18-34-31(39(27)3)40(4)42)17-33-26(25)15-28(38-29)41-9-11-43-12-10-41/h13-15,17-18,20-21,23H,4-12H2,1-3H3,(H,35,36,37). The highest BCUT2D eigenvalue weighted by molar-refractivity contribution is 5.87. The van der Waals surface area contributed by atoms with E-state index in [0.29, 0.717) is 41.2 Å². The summed E-state index contributed by atoms with van der Waals surface area (Å²) in [5.74, 6) is 2.52. The first-order chi connectivity index (χ1) is 21.8. The van der Waals surface area contributed by atoms with Crippen LogP contribution in [0.4, 0.5) is 17.7 Å². The van der Waals surface area contributed by atoms with E-state index >= 15 is 0 Å². The first kappa shape index (κ1) is 30.0. The van der Waals surface area contributed by atoms with Gasteiger partial charge >= 0.3 is 5.95 Å². The van der Waals surface area contributed by atoms with Crippen molar-refractivity contribution in [1.29, 1.82) is 5.26 Å². The van der Waals surface area contributed by atoms with E-state index in [2.05, 4.69) is 38.0 Å². The van der Waals surface area contributed by atoms with Crippen molar-refractivity contribution in [3.05, 3.63) is 52.9 Å². The first-order valence-corrected chi connectivity index (χ1v) is 15.1. The van der Waals surface area contributed by atoms with Gasteiger partial charge in [-0.05, 0) is 51.7 Å². The summed E-state index contributed by atoms with van der Waals surface area (Å²) in [7, 11) is 1.75. The quantitative estimate of drug-likeness (QED) is 0.126. The van der Waals surface area contributed by atoms with Crippen molar-refractivity contribution in [2.45, 2.75) is 57.8 Å². The second kappa shape index (κ2) is 12.9. The number of pyridine rings is 2. The molecule has 0 aromatic carbocycles. The zero-order valence-corrected chi connectivity index (χ0v) is 25.6. The van der Waals surface area contributed by atoms with Gasteiger partial charge in [0, 0.05) is 37.6 Å². The third-order valence-corrected chi connectivity index (χ3v) is 8.15. The predicted molar refractivity (Wildman–Crippen MR) is 167 cm³/mol. The Labute approximate surface area is 260 Å². The van der Waals surface area contributed by atoms with E-state index in [9.17, 15) is 10.5 Å². The number of hydrogen-bond donors (Lipinski definition) is 1. The minimum Gasteiger partial charge on any atom is -0.741 e. The summed E-state index contributed by atoms with van der Waals surface area (Å²) in [4.78, 5) is 24.8. The molecule has 1 unspecified atom stereocenters. The van der Waals surface area contributed by atoms with Gasteiger partial charge in [0.05, 0.1) is 37.4 Å². The van der Waals surface area contributed by atoms with E-state index < -0.39 is 6.10 Å². The molecule has 234 valence electrons. The van der Waals surface area contributed by atoms with Gasteiger partial charge in [-0.1, -0.05) is 4.98 Å². The lowest BCUT2D eigenvalue weighted by Gasteiger charge is -2.31. The number of nitrogens with one attached hydrogen (secondary N) is 1. The monoisotopic (exact) mass is 612 g/mol. The van der Waals surface area contributed by atoms with Crippen LogP contribution in [0.2, 0.25) is 0 Å². The molecule has 1 aliphatic carbocycles. The van der Waals surface area contributed by atoms with E-state index in [1.807, 2.05) is 26.0 Å². The van der Waals surface area contributed by atoms with Gasteiger partial charge in [0.1, 0.15) is 35.6 Å². The molecule has 0 amide bonds. The smallest absolute Gasteiger partial charge is 0.398 e. The van der Waals surface area contributed by atoms with Crippen LogP contribution < -0.4 is 19.7 Å². The number of morpholine rings is 1. The molecule has 0 bridgehead atoms. The summed E-state index contributed by atoms with van der Waals surface area (Å²) in [5, 5.41) is 25.1. The third-order valence-electron chi connectivity index (χ3n) is 8.15. The molecule has 1 N–H and O–H groups in total. The number of ether oxygens (including phenoxy) is 3. The molecule has 0 radical (unpaired) electrons. The average Bonchev–Trinajstić information content (AvgIpc) is 3.44. The van der Waals surface area contributed by atoms with Gasteiger partial charge in [0.2, 0.25) is 11.8 Å². The number of fused-ring (bicyclic) bond motifs is 1. The van der Waals surface area contributed by atoms with E-state index in [0.717, 1.165) is 66.9 Å². The van der Waals surface area contributed by atoms with Gasteiger partial charge in [-0.2, -0.15) is 10.2 Å². The van der Waals surface area contributed by atoms with Crippen molar-refractivity contribution in [1.82, 2.24) is 29.5 Å². The maximum absolute atomic E-state index is 11.7. The van der Waals surface area contributed by atoms with E-state index in [1.54, 1.807) is 30.1 Å². The Morgan fingerprint density at radius 1 is 1.11 bits per heavy atom. The fourth-order valence-electron chi connectivity index (χ4n) is 5.81. The van der Waals surface area contributed by atoms with Crippen LogP contribution in [0.25, 0.3) is 10.9 Å². The molecule has 4 aromatic heterocycles. The van der Waals surface area contributed by atoms with Gasteiger partial charge in [0.15, 0.2) is 11.8 Å². The zero-order chi connectivity index (χ0) is 31.5. The lowest BCUT2D eigenvalue weighted by Crippen LogP contribution is -2.37. The summed E-state index contributed by atoms with van der Waals surface area (Å²) in [5.41, 5.74) is 2.58. The van der Waals surface area contributed by atoms with Crippen molar-refractivity contribution in [3.8, 4) is 17.7 Å². The number of aryl methyl sites for hydroxylation is 1. The molecule has 0 spiro atoms. The molecule has 14 heteroatoms. The Morgan fingerprint density at radius 2 is 1.89 bits per heavy atom. The van der Waals surface area contributed by atoms with Crippen molar-refractivity contribution >= 4 is 35.3 Å². The molecule has 1 aliphatic heterocycles. The number of rotatable bonds is 9. The first-order valence-electron chi connectivity index (χ1n) is 15.1. The van der Waals surface area contributed by atoms with Crippen LogP contribution in [-0.4, -0.2) is 79.4 Å². The number of nitriles is 1. The Morgan fingerprint density at radius 3 is 2.60 bits per heavy atom. The Bertz CT molecular complexity index is 1740. The highest BCUT2D eigenvalue weighted by atomic mass is 16.5. The summed E-state index contributed by atoms with van der Waals surface area (Å²) >= 11 is 0. The van der Waals surface area contributed by atoms with Gasteiger partial charge in [0.25, 0.3) is 0 Å². The van der Waals surface area contributed by atoms with Crippen molar-refractivity contribution in [3.63, 3.8) is 0 Å². The normalized spacial score (nSPS) is 19.1. The lowest BCUT2D eigenvalue weighted by atomic mass is 9.93. The van der Waals surface area contributed by atoms with Crippen LogP contribution in [-0.2, 0) is 11.8 Å². The van der Waals surface area contributed by atoms with Crippen molar-refractivity contribution in [2.24, 2.45) is 7.05 Å². The van der Waals surface area contributed by atoms with Gasteiger partial charge in [-0.25, -0.2) is 14.5 Å². The van der Waals surface area contributed by atoms with Crippen LogP contribution in [0.3, 0.4) is 0 Å². The number of anilines is 2. The fourth-order valence-corrected chi connectivity index (χ4v) is 5.81. The van der Waals surface area contributed by atoms with Gasteiger partial charge in [-0.15, -0.1) is 0 Å². The van der Waals surface area contributed by atoms with E-state index in [4.69, 9.17) is 24.2 Å². The maximum Gasteiger partial charge on any atom is 0.398 e. The molecule has 45 heavy (non-hydrogen) atoms. The Kier molecular flexibility index (Phi) is 8.61. The Balaban J connectivity index is 1.21. The zero-order valence-electron chi connectivity index (χ0n) is 25.6. The van der Waals surface area contributed by atoms with Crippen LogP contribution in [0.15, 0.2) is 30.6 Å². The maximum atomic E-state index is 11.7. The second-order valence-electron chi connectivity index (χ2n) is 11.4. The van der Waals surface area contributed by atoms with Crippen molar-refractivity contribution < 1.29 is 18.9 Å². The number of nitrogens with zero attached hydrogens (tertiary/aromatic N) is 9. The molecule has 6 rings (SSSR count). The lowest BCUT2D eigenvalue weighted by molar-refractivity contribution is -0.362. The van der Waals surface area contributed by atoms with Gasteiger partial charge < -0.3 is 29.6 Å². The molecule has 1 saturated heterocycles. The molecule has 1 atom stereocenters. The fraction of sp³-hybridized carbons (Fsp3) is 0.452. The minimum atomic E-state index is -0.412. The highest BCUT2D eigenvalue weighted by Gasteiger charge is 2.26. The topological polar surface area (TPSA) is 162 Å². The van der Waals surface area contributed by atoms with E-state index in [-0.39, 0.29) is 18.1 Å². The summed E-state index contributed by atoms with van der Waals surface area (Å²) < 4.78 is 20.6. The molecule has 14 nitrogen and oxygen atoms in total. The SMILES string of the molecule is C=[N+]([O-])c1ncc(C(C)Oc2cnc3cc(N4CCOCC4)nc(OC4CCC(Nc5nc(C)cc(C#N)n5)CC4)c3c2)n1C. The van der Waals surface area contributed by atoms with Crippen molar-refractivity contribution in [2.75, 3.05) is 36.5 Å². The summed E-state index contributed by atoms with van der Waals surface area (Å²) in [6.07, 6.45) is 6.18. The second-order valence-corrected chi connectivity index (χ2v) is 11.4. The van der Waals surface area contributed by atoms with Crippen LogP contribution in [0.1, 0.15) is 55.8 Å². The van der Waals surface area contributed by atoms with Crippen LogP contribution in [0.5, 0.6) is 11.6 Å². The minimum absolute atomic E-state index is 0.0409.